The highest BCUT2D eigenvalue weighted by molar-refractivity contribution is 7.89. The van der Waals surface area contributed by atoms with Crippen LogP contribution >= 0.6 is 11.3 Å². The summed E-state index contributed by atoms with van der Waals surface area (Å²) in [6, 6.07) is 22.0. The van der Waals surface area contributed by atoms with Gasteiger partial charge in [-0.15, -0.1) is 0 Å². The second kappa shape index (κ2) is 10.1. The number of nitrogens with zero attached hydrogens (tertiary/aromatic N) is 3. The fourth-order valence-corrected chi connectivity index (χ4v) is 7.28. The fraction of sp³-hybridized carbons (Fsp3) is 0.286. The van der Waals surface area contributed by atoms with Gasteiger partial charge in [-0.05, 0) is 61.6 Å². The molecule has 0 N–H and O–H groups in total. The highest BCUT2D eigenvalue weighted by atomic mass is 32.2. The van der Waals surface area contributed by atoms with Crippen molar-refractivity contribution in [1.82, 2.24) is 9.29 Å². The minimum absolute atomic E-state index is 0.217. The van der Waals surface area contributed by atoms with Gasteiger partial charge in [0.15, 0.2) is 5.13 Å². The van der Waals surface area contributed by atoms with Crippen LogP contribution in [-0.2, 0) is 27.8 Å². The monoisotopic (exact) mass is 519 g/mol. The van der Waals surface area contributed by atoms with E-state index in [1.54, 1.807) is 29.2 Å². The maximum absolute atomic E-state index is 14.1. The van der Waals surface area contributed by atoms with Crippen LogP contribution in [0.15, 0.2) is 77.7 Å². The Kier molecular flexibility index (Phi) is 6.92. The number of hydrogen-bond acceptors (Lipinski definition) is 5. The Labute approximate surface area is 216 Å². The van der Waals surface area contributed by atoms with Gasteiger partial charge in [-0.2, -0.15) is 4.31 Å². The summed E-state index contributed by atoms with van der Waals surface area (Å²) in [4.78, 5) is 20.8. The molecule has 1 amide bonds. The first-order valence-electron chi connectivity index (χ1n) is 12.2. The summed E-state index contributed by atoms with van der Waals surface area (Å²) < 4.78 is 29.5. The molecule has 1 aliphatic rings. The zero-order chi connectivity index (χ0) is 25.3. The average Bonchev–Trinajstić information content (AvgIpc) is 3.55. The molecule has 0 spiro atoms. The molecule has 1 fully saturated rings. The molecule has 1 saturated heterocycles. The number of anilines is 1. The number of hydrogen-bond donors (Lipinski definition) is 0. The van der Waals surface area contributed by atoms with Gasteiger partial charge in [0.1, 0.15) is 6.04 Å². The number of aromatic nitrogens is 1. The molecule has 186 valence electrons. The van der Waals surface area contributed by atoms with E-state index in [4.69, 9.17) is 4.98 Å². The SMILES string of the molecule is CCc1ccc2nc(N(Cc3ccccc3)C(=O)C3CCCN3S(=O)(=O)c3ccc(C)cc3)sc2c1. The van der Waals surface area contributed by atoms with Crippen LogP contribution in [0.5, 0.6) is 0 Å². The number of aryl methyl sites for hydroxylation is 2. The fourth-order valence-electron chi connectivity index (χ4n) is 4.60. The Balaban J connectivity index is 1.52. The lowest BCUT2D eigenvalue weighted by Gasteiger charge is -2.28. The largest absolute Gasteiger partial charge is 0.282 e. The van der Waals surface area contributed by atoms with Gasteiger partial charge in [0.05, 0.1) is 21.7 Å². The molecule has 2 heterocycles. The molecule has 8 heteroatoms. The Morgan fingerprint density at radius 3 is 2.53 bits per heavy atom. The van der Waals surface area contributed by atoms with Gasteiger partial charge in [-0.1, -0.05) is 72.4 Å². The molecular formula is C28H29N3O3S2. The molecule has 6 nitrogen and oxygen atoms in total. The summed E-state index contributed by atoms with van der Waals surface area (Å²) in [7, 11) is -3.80. The first kappa shape index (κ1) is 24.6. The predicted molar refractivity (Wildman–Crippen MR) is 145 cm³/mol. The van der Waals surface area contributed by atoms with E-state index in [0.29, 0.717) is 31.1 Å². The van der Waals surface area contributed by atoms with Crippen molar-refractivity contribution in [3.63, 3.8) is 0 Å². The first-order chi connectivity index (χ1) is 17.4. The zero-order valence-corrected chi connectivity index (χ0v) is 22.1. The second-order valence-corrected chi connectivity index (χ2v) is 12.0. The number of carbonyl (C=O) groups is 1. The molecule has 1 aromatic heterocycles. The summed E-state index contributed by atoms with van der Waals surface area (Å²) in [5.41, 5.74) is 4.00. The number of carbonyl (C=O) groups excluding carboxylic acids is 1. The van der Waals surface area contributed by atoms with Crippen LogP contribution < -0.4 is 4.90 Å². The summed E-state index contributed by atoms with van der Waals surface area (Å²) in [6.45, 7) is 4.68. The van der Waals surface area contributed by atoms with Gasteiger partial charge in [0.2, 0.25) is 15.9 Å². The average molecular weight is 520 g/mol. The predicted octanol–water partition coefficient (Wildman–Crippen LogP) is 5.55. The minimum atomic E-state index is -3.80. The normalized spacial score (nSPS) is 16.4. The van der Waals surface area contributed by atoms with Crippen molar-refractivity contribution >= 4 is 42.6 Å². The van der Waals surface area contributed by atoms with E-state index in [-0.39, 0.29) is 10.8 Å². The molecule has 0 bridgehead atoms. The van der Waals surface area contributed by atoms with Crippen molar-refractivity contribution in [3.8, 4) is 0 Å². The standard InChI is InChI=1S/C28H29N3O3S2/c1-3-21-13-16-24-26(18-21)35-28(29-24)30(19-22-8-5-4-6-9-22)27(32)25-10-7-17-31(25)36(33,34)23-14-11-20(2)12-15-23/h4-6,8-9,11-16,18,25H,3,7,10,17,19H2,1-2H3. The summed E-state index contributed by atoms with van der Waals surface area (Å²) in [5.74, 6) is -0.234. The van der Waals surface area contributed by atoms with E-state index < -0.39 is 16.1 Å². The van der Waals surface area contributed by atoms with Crippen molar-refractivity contribution in [3.05, 3.63) is 89.5 Å². The Hall–Kier alpha value is -3.07. The van der Waals surface area contributed by atoms with Gasteiger partial charge in [0.25, 0.3) is 0 Å². The third kappa shape index (κ3) is 4.81. The molecular weight excluding hydrogens is 490 g/mol. The number of thiazole rings is 1. The molecule has 0 radical (unpaired) electrons. The Morgan fingerprint density at radius 1 is 1.06 bits per heavy atom. The molecule has 1 unspecified atom stereocenters. The van der Waals surface area contributed by atoms with Crippen molar-refractivity contribution in [1.29, 1.82) is 0 Å². The molecule has 0 saturated carbocycles. The van der Waals surface area contributed by atoms with Crippen molar-refractivity contribution in [2.24, 2.45) is 0 Å². The van der Waals surface area contributed by atoms with Crippen LogP contribution in [0.3, 0.4) is 0 Å². The van der Waals surface area contributed by atoms with Crippen LogP contribution in [0.1, 0.15) is 36.5 Å². The lowest BCUT2D eigenvalue weighted by atomic mass is 10.1. The first-order valence-corrected chi connectivity index (χ1v) is 14.5. The number of amides is 1. The smallest absolute Gasteiger partial charge is 0.247 e. The molecule has 4 aromatic rings. The third-order valence-corrected chi connectivity index (χ3v) is 9.61. The van der Waals surface area contributed by atoms with E-state index >= 15 is 0 Å². The molecule has 0 aliphatic carbocycles. The van der Waals surface area contributed by atoms with Gasteiger partial charge in [-0.3, -0.25) is 9.69 Å². The van der Waals surface area contributed by atoms with E-state index in [1.807, 2.05) is 43.3 Å². The van der Waals surface area contributed by atoms with Crippen LogP contribution in [0.25, 0.3) is 10.2 Å². The van der Waals surface area contributed by atoms with Gasteiger partial charge in [0, 0.05) is 6.54 Å². The second-order valence-electron chi connectivity index (χ2n) is 9.15. The van der Waals surface area contributed by atoms with Gasteiger partial charge >= 0.3 is 0 Å². The third-order valence-electron chi connectivity index (χ3n) is 6.65. The molecule has 1 aliphatic heterocycles. The van der Waals surface area contributed by atoms with Gasteiger partial charge < -0.3 is 0 Å². The molecule has 1 atom stereocenters. The van der Waals surface area contributed by atoms with Crippen LogP contribution in [0.4, 0.5) is 5.13 Å². The van der Waals surface area contributed by atoms with E-state index in [9.17, 15) is 13.2 Å². The highest BCUT2D eigenvalue weighted by Crippen LogP contribution is 2.34. The highest BCUT2D eigenvalue weighted by Gasteiger charge is 2.42. The maximum atomic E-state index is 14.1. The zero-order valence-electron chi connectivity index (χ0n) is 20.4. The van der Waals surface area contributed by atoms with Gasteiger partial charge in [-0.25, -0.2) is 13.4 Å². The number of sulfonamides is 1. The van der Waals surface area contributed by atoms with Crippen LogP contribution in [0.2, 0.25) is 0 Å². The van der Waals surface area contributed by atoms with E-state index in [1.165, 1.54) is 21.2 Å². The molecule has 36 heavy (non-hydrogen) atoms. The maximum Gasteiger partial charge on any atom is 0.247 e. The summed E-state index contributed by atoms with van der Waals surface area (Å²) >= 11 is 1.47. The number of fused-ring (bicyclic) bond motifs is 1. The lowest BCUT2D eigenvalue weighted by Crippen LogP contribution is -2.47. The van der Waals surface area contributed by atoms with Crippen molar-refractivity contribution in [2.75, 3.05) is 11.4 Å². The topological polar surface area (TPSA) is 70.6 Å². The Bertz CT molecular complexity index is 1480. The summed E-state index contributed by atoms with van der Waals surface area (Å²) in [5, 5.41) is 0.590. The van der Waals surface area contributed by atoms with E-state index in [2.05, 4.69) is 19.1 Å². The molecule has 3 aromatic carbocycles. The quantitative estimate of drug-likeness (QED) is 0.321. The summed E-state index contributed by atoms with van der Waals surface area (Å²) in [6.07, 6.45) is 2.05. The lowest BCUT2D eigenvalue weighted by molar-refractivity contribution is -0.121. The number of rotatable bonds is 7. The number of benzene rings is 3. The Morgan fingerprint density at radius 2 is 1.81 bits per heavy atom. The van der Waals surface area contributed by atoms with E-state index in [0.717, 1.165) is 27.8 Å². The van der Waals surface area contributed by atoms with Crippen molar-refractivity contribution < 1.29 is 13.2 Å². The van der Waals surface area contributed by atoms with Crippen LogP contribution in [0, 0.1) is 6.92 Å². The van der Waals surface area contributed by atoms with Crippen LogP contribution in [-0.4, -0.2) is 36.2 Å². The van der Waals surface area contributed by atoms with Crippen molar-refractivity contribution in [2.45, 2.75) is 50.6 Å². The minimum Gasteiger partial charge on any atom is -0.282 e. The molecule has 5 rings (SSSR count).